The molecule has 2 rings (SSSR count). The first-order valence-electron chi connectivity index (χ1n) is 9.46. The number of rotatable bonds is 7. The Kier molecular flexibility index (Phi) is 7.48. The van der Waals surface area contributed by atoms with Gasteiger partial charge in [-0.2, -0.15) is 13.2 Å². The molecule has 0 aromatic heterocycles. The Bertz CT molecular complexity index is 872. The maximum absolute atomic E-state index is 12.3. The normalized spacial score (nSPS) is 11.7. The largest absolute Gasteiger partial charge is 0.494 e. The van der Waals surface area contributed by atoms with Crippen LogP contribution in [0.3, 0.4) is 0 Å². The van der Waals surface area contributed by atoms with Gasteiger partial charge in [-0.25, -0.2) is 0 Å². The van der Waals surface area contributed by atoms with E-state index in [2.05, 4.69) is 26.1 Å². The summed E-state index contributed by atoms with van der Waals surface area (Å²) in [5, 5.41) is 4.33. The van der Waals surface area contributed by atoms with Crippen molar-refractivity contribution in [2.45, 2.75) is 45.2 Å². The molecular formula is C22H25F3N2O3. The topological polar surface area (TPSA) is 67.4 Å². The minimum atomic E-state index is -4.98. The van der Waals surface area contributed by atoms with Crippen LogP contribution in [0.2, 0.25) is 0 Å². The number of hydrogen-bond donors (Lipinski definition) is 2. The van der Waals surface area contributed by atoms with E-state index in [-0.39, 0.29) is 23.4 Å². The van der Waals surface area contributed by atoms with Crippen molar-refractivity contribution in [3.8, 4) is 5.75 Å². The molecular weight excluding hydrogens is 397 g/mol. The Morgan fingerprint density at radius 1 is 0.933 bits per heavy atom. The van der Waals surface area contributed by atoms with E-state index in [1.807, 2.05) is 24.3 Å². The zero-order chi connectivity index (χ0) is 22.4. The third kappa shape index (κ3) is 7.42. The number of nitrogens with one attached hydrogen (secondary N) is 2. The molecule has 0 saturated heterocycles. The molecule has 0 spiro atoms. The van der Waals surface area contributed by atoms with Gasteiger partial charge in [-0.1, -0.05) is 39.0 Å². The first kappa shape index (κ1) is 23.3. The molecule has 0 unspecified atom stereocenters. The molecule has 0 saturated carbocycles. The highest BCUT2D eigenvalue weighted by molar-refractivity contribution is 5.96. The summed E-state index contributed by atoms with van der Waals surface area (Å²) in [6.45, 7) is 6.73. The van der Waals surface area contributed by atoms with Crippen LogP contribution < -0.4 is 15.4 Å². The van der Waals surface area contributed by atoms with Crippen molar-refractivity contribution in [2.24, 2.45) is 0 Å². The molecule has 0 atom stereocenters. The number of halogens is 3. The van der Waals surface area contributed by atoms with Crippen molar-refractivity contribution in [3.05, 3.63) is 54.1 Å². The molecule has 2 aromatic carbocycles. The third-order valence-electron chi connectivity index (χ3n) is 4.20. The molecule has 0 radical (unpaired) electrons. The van der Waals surface area contributed by atoms with Crippen LogP contribution in [0.5, 0.6) is 5.75 Å². The van der Waals surface area contributed by atoms with E-state index in [9.17, 15) is 22.8 Å². The first-order chi connectivity index (χ1) is 13.9. The van der Waals surface area contributed by atoms with Gasteiger partial charge in [0.1, 0.15) is 5.75 Å². The second-order valence-electron chi connectivity index (χ2n) is 7.81. The van der Waals surface area contributed by atoms with E-state index >= 15 is 0 Å². The van der Waals surface area contributed by atoms with Crippen molar-refractivity contribution in [1.82, 2.24) is 0 Å². The lowest BCUT2D eigenvalue weighted by Gasteiger charge is -2.19. The third-order valence-corrected chi connectivity index (χ3v) is 4.20. The highest BCUT2D eigenvalue weighted by Crippen LogP contribution is 2.24. The fourth-order valence-electron chi connectivity index (χ4n) is 2.57. The van der Waals surface area contributed by atoms with Crippen LogP contribution in [-0.2, 0) is 15.0 Å². The molecule has 0 aliphatic rings. The van der Waals surface area contributed by atoms with E-state index in [0.29, 0.717) is 18.7 Å². The van der Waals surface area contributed by atoms with Crippen molar-refractivity contribution in [1.29, 1.82) is 0 Å². The molecule has 162 valence electrons. The smallest absolute Gasteiger partial charge is 0.471 e. The molecule has 0 fully saturated rings. The van der Waals surface area contributed by atoms with Crippen molar-refractivity contribution < 1.29 is 27.5 Å². The fraction of sp³-hybridized carbons (Fsp3) is 0.364. The molecule has 8 heteroatoms. The summed E-state index contributed by atoms with van der Waals surface area (Å²) < 4.78 is 42.6. The summed E-state index contributed by atoms with van der Waals surface area (Å²) >= 11 is 0. The Hall–Kier alpha value is -3.03. The quantitative estimate of drug-likeness (QED) is 0.597. The number of carbonyl (C=O) groups is 2. The van der Waals surface area contributed by atoms with Crippen LogP contribution in [0.1, 0.15) is 39.2 Å². The van der Waals surface area contributed by atoms with Gasteiger partial charge in [0.15, 0.2) is 0 Å². The van der Waals surface area contributed by atoms with Gasteiger partial charge in [-0.3, -0.25) is 9.59 Å². The second-order valence-corrected chi connectivity index (χ2v) is 7.81. The molecule has 30 heavy (non-hydrogen) atoms. The lowest BCUT2D eigenvalue weighted by Crippen LogP contribution is -2.29. The van der Waals surface area contributed by atoms with Crippen molar-refractivity contribution in [3.63, 3.8) is 0 Å². The standard InChI is InChI=1S/C22H25F3N2O3/c1-21(2,3)15-9-11-18(12-10-15)30-13-5-8-19(28)26-16-6-4-7-17(14-16)27-20(29)22(23,24)25/h4,6-7,9-12,14H,5,8,13H2,1-3H3,(H,26,28)(H,27,29). The number of carbonyl (C=O) groups excluding carboxylic acids is 2. The summed E-state index contributed by atoms with van der Waals surface area (Å²) in [6, 6.07) is 13.3. The number of alkyl halides is 3. The Labute approximate surface area is 173 Å². The van der Waals surface area contributed by atoms with Gasteiger partial charge >= 0.3 is 12.1 Å². The summed E-state index contributed by atoms with van der Waals surface area (Å²) in [5.74, 6) is -1.66. The van der Waals surface area contributed by atoms with Gasteiger partial charge < -0.3 is 15.4 Å². The van der Waals surface area contributed by atoms with Crippen LogP contribution in [0.15, 0.2) is 48.5 Å². The van der Waals surface area contributed by atoms with Gasteiger partial charge in [0, 0.05) is 17.8 Å². The molecule has 2 aromatic rings. The Morgan fingerprint density at radius 3 is 2.10 bits per heavy atom. The van der Waals surface area contributed by atoms with Crippen LogP contribution in [0, 0.1) is 0 Å². The van der Waals surface area contributed by atoms with Gasteiger partial charge in [0.25, 0.3) is 0 Å². The number of hydrogen-bond acceptors (Lipinski definition) is 3. The van der Waals surface area contributed by atoms with E-state index in [4.69, 9.17) is 4.74 Å². The lowest BCUT2D eigenvalue weighted by molar-refractivity contribution is -0.167. The summed E-state index contributed by atoms with van der Waals surface area (Å²) in [5.41, 5.74) is 1.49. The number of ether oxygens (including phenoxy) is 1. The van der Waals surface area contributed by atoms with E-state index < -0.39 is 12.1 Å². The van der Waals surface area contributed by atoms with Crippen LogP contribution >= 0.6 is 0 Å². The van der Waals surface area contributed by atoms with E-state index in [1.54, 1.807) is 5.32 Å². The van der Waals surface area contributed by atoms with Gasteiger partial charge in [-0.15, -0.1) is 0 Å². The average Bonchev–Trinajstić information content (AvgIpc) is 2.64. The maximum atomic E-state index is 12.3. The SMILES string of the molecule is CC(C)(C)c1ccc(OCCCC(=O)Nc2cccc(NC(=O)C(F)(F)F)c2)cc1. The highest BCUT2D eigenvalue weighted by Gasteiger charge is 2.38. The molecule has 0 aliphatic carbocycles. The van der Waals surface area contributed by atoms with Gasteiger partial charge in [0.2, 0.25) is 5.91 Å². The fourth-order valence-corrected chi connectivity index (χ4v) is 2.57. The molecule has 2 amide bonds. The highest BCUT2D eigenvalue weighted by atomic mass is 19.4. The van der Waals surface area contributed by atoms with Crippen molar-refractivity contribution in [2.75, 3.05) is 17.2 Å². The van der Waals surface area contributed by atoms with Gasteiger partial charge in [-0.05, 0) is 47.7 Å². The predicted octanol–water partition coefficient (Wildman–Crippen LogP) is 5.28. The number of anilines is 2. The molecule has 0 heterocycles. The van der Waals surface area contributed by atoms with Crippen molar-refractivity contribution >= 4 is 23.2 Å². The minimum Gasteiger partial charge on any atom is -0.494 e. The van der Waals surface area contributed by atoms with E-state index in [1.165, 1.54) is 29.8 Å². The molecule has 0 bridgehead atoms. The second kappa shape index (κ2) is 9.65. The molecule has 2 N–H and O–H groups in total. The molecule has 5 nitrogen and oxygen atoms in total. The maximum Gasteiger partial charge on any atom is 0.471 e. The van der Waals surface area contributed by atoms with Crippen LogP contribution in [0.4, 0.5) is 24.5 Å². The number of amides is 2. The summed E-state index contributed by atoms with van der Waals surface area (Å²) in [4.78, 5) is 23.0. The Morgan fingerprint density at radius 2 is 1.53 bits per heavy atom. The molecule has 0 aliphatic heterocycles. The summed E-state index contributed by atoms with van der Waals surface area (Å²) in [7, 11) is 0. The lowest BCUT2D eigenvalue weighted by atomic mass is 9.87. The Balaban J connectivity index is 1.77. The van der Waals surface area contributed by atoms with E-state index in [0.717, 1.165) is 5.75 Å². The summed E-state index contributed by atoms with van der Waals surface area (Å²) in [6.07, 6.45) is -4.33. The predicted molar refractivity (Wildman–Crippen MR) is 110 cm³/mol. The zero-order valence-electron chi connectivity index (χ0n) is 17.1. The van der Waals surface area contributed by atoms with Gasteiger partial charge in [0.05, 0.1) is 6.61 Å². The first-order valence-corrected chi connectivity index (χ1v) is 9.46. The minimum absolute atomic E-state index is 0.0582. The zero-order valence-corrected chi connectivity index (χ0v) is 17.1. The average molecular weight is 422 g/mol. The van der Waals surface area contributed by atoms with Crippen LogP contribution in [0.25, 0.3) is 0 Å². The number of benzene rings is 2. The monoisotopic (exact) mass is 422 g/mol. The van der Waals surface area contributed by atoms with Crippen LogP contribution in [-0.4, -0.2) is 24.6 Å².